The zero-order valence-corrected chi connectivity index (χ0v) is 16.0. The maximum Gasteiger partial charge on any atom is 0.220 e. The lowest BCUT2D eigenvalue weighted by atomic mass is 10.1. The molecule has 29 heavy (non-hydrogen) atoms. The number of aryl methyl sites for hydroxylation is 1. The molecule has 4 rings (SSSR count). The van der Waals surface area contributed by atoms with E-state index in [-0.39, 0.29) is 5.91 Å². The number of benzene rings is 2. The topological polar surface area (TPSA) is 73.0 Å². The molecule has 6 nitrogen and oxygen atoms in total. The summed E-state index contributed by atoms with van der Waals surface area (Å²) < 4.78 is 7.62. The second-order valence-corrected chi connectivity index (χ2v) is 6.78. The van der Waals surface area contributed by atoms with Crippen molar-refractivity contribution >= 4 is 5.91 Å². The number of carbonyl (C=O) groups excluding carboxylic acids is 1. The lowest BCUT2D eigenvalue weighted by molar-refractivity contribution is -0.121. The number of amides is 1. The van der Waals surface area contributed by atoms with Crippen LogP contribution in [0.4, 0.5) is 0 Å². The summed E-state index contributed by atoms with van der Waals surface area (Å²) in [7, 11) is 0. The van der Waals surface area contributed by atoms with Gasteiger partial charge in [-0.3, -0.25) is 9.48 Å². The van der Waals surface area contributed by atoms with E-state index >= 15 is 0 Å². The van der Waals surface area contributed by atoms with Crippen LogP contribution in [0.15, 0.2) is 83.7 Å². The normalized spacial score (nSPS) is 10.8. The highest BCUT2D eigenvalue weighted by Crippen LogP contribution is 2.20. The van der Waals surface area contributed by atoms with Crippen molar-refractivity contribution in [3.8, 4) is 11.3 Å². The van der Waals surface area contributed by atoms with Crippen molar-refractivity contribution in [1.29, 1.82) is 0 Å². The Morgan fingerprint density at radius 3 is 2.55 bits per heavy atom. The molecular weight excluding hydrogens is 364 g/mol. The molecule has 0 unspecified atom stereocenters. The molecule has 0 saturated heterocycles. The summed E-state index contributed by atoms with van der Waals surface area (Å²) in [6.07, 6.45) is 6.22. The van der Waals surface area contributed by atoms with Gasteiger partial charge in [0.25, 0.3) is 0 Å². The average Bonchev–Trinajstić information content (AvgIpc) is 3.45. The molecule has 1 N–H and O–H groups in total. The second kappa shape index (κ2) is 9.01. The molecule has 0 aliphatic rings. The third-order valence-corrected chi connectivity index (χ3v) is 4.59. The quantitative estimate of drug-likeness (QED) is 0.499. The molecule has 2 heterocycles. The Morgan fingerprint density at radius 2 is 1.79 bits per heavy atom. The van der Waals surface area contributed by atoms with E-state index in [1.807, 2.05) is 59.4 Å². The van der Waals surface area contributed by atoms with Gasteiger partial charge in [-0.15, -0.1) is 0 Å². The van der Waals surface area contributed by atoms with Crippen LogP contribution in [0, 0.1) is 0 Å². The van der Waals surface area contributed by atoms with E-state index in [0.717, 1.165) is 23.4 Å². The van der Waals surface area contributed by atoms with Crippen molar-refractivity contribution in [2.75, 3.05) is 0 Å². The molecule has 0 aliphatic carbocycles. The van der Waals surface area contributed by atoms with Crippen LogP contribution in [0.2, 0.25) is 0 Å². The molecule has 0 fully saturated rings. The van der Waals surface area contributed by atoms with Gasteiger partial charge in [0.2, 0.25) is 5.91 Å². The van der Waals surface area contributed by atoms with Crippen LogP contribution in [0.5, 0.6) is 0 Å². The van der Waals surface area contributed by atoms with Gasteiger partial charge in [-0.05, 0) is 17.2 Å². The fraction of sp³-hybridized carbons (Fsp3) is 0.174. The van der Waals surface area contributed by atoms with Crippen molar-refractivity contribution in [3.63, 3.8) is 0 Å². The SMILES string of the molecule is O=C(CCc1ncc(-c2ccccc2)o1)NCc1ccc(Cn2cccn2)cc1. The minimum atomic E-state index is -0.0231. The molecule has 0 radical (unpaired) electrons. The Balaban J connectivity index is 1.22. The van der Waals surface area contributed by atoms with Crippen LogP contribution in [-0.4, -0.2) is 20.7 Å². The Morgan fingerprint density at radius 1 is 1.00 bits per heavy atom. The van der Waals surface area contributed by atoms with Gasteiger partial charge in [0, 0.05) is 37.3 Å². The van der Waals surface area contributed by atoms with Gasteiger partial charge in [-0.25, -0.2) is 4.98 Å². The van der Waals surface area contributed by atoms with Crippen LogP contribution in [0.25, 0.3) is 11.3 Å². The summed E-state index contributed by atoms with van der Waals surface area (Å²) >= 11 is 0. The van der Waals surface area contributed by atoms with Crippen LogP contribution in [0.3, 0.4) is 0 Å². The summed E-state index contributed by atoms with van der Waals surface area (Å²) in [4.78, 5) is 16.4. The Hall–Kier alpha value is -3.67. The number of nitrogens with zero attached hydrogens (tertiary/aromatic N) is 3. The van der Waals surface area contributed by atoms with Crippen LogP contribution >= 0.6 is 0 Å². The highest BCUT2D eigenvalue weighted by Gasteiger charge is 2.09. The van der Waals surface area contributed by atoms with E-state index in [1.165, 1.54) is 5.56 Å². The predicted molar refractivity (Wildman–Crippen MR) is 110 cm³/mol. The van der Waals surface area contributed by atoms with E-state index < -0.39 is 0 Å². The first-order chi connectivity index (χ1) is 14.3. The Bertz CT molecular complexity index is 1040. The summed E-state index contributed by atoms with van der Waals surface area (Å²) in [5, 5.41) is 7.15. The van der Waals surface area contributed by atoms with E-state index in [9.17, 15) is 4.79 Å². The van der Waals surface area contributed by atoms with E-state index in [1.54, 1.807) is 12.4 Å². The highest BCUT2D eigenvalue weighted by molar-refractivity contribution is 5.76. The summed E-state index contributed by atoms with van der Waals surface area (Å²) in [5.74, 6) is 1.27. The van der Waals surface area contributed by atoms with E-state index in [2.05, 4.69) is 27.5 Å². The molecule has 0 bridgehead atoms. The first-order valence-corrected chi connectivity index (χ1v) is 9.58. The fourth-order valence-electron chi connectivity index (χ4n) is 3.01. The van der Waals surface area contributed by atoms with Gasteiger partial charge in [-0.2, -0.15) is 5.10 Å². The molecule has 2 aromatic heterocycles. The first kappa shape index (κ1) is 18.7. The second-order valence-electron chi connectivity index (χ2n) is 6.78. The van der Waals surface area contributed by atoms with Crippen LogP contribution in [-0.2, 0) is 24.3 Å². The minimum absolute atomic E-state index is 0.0231. The predicted octanol–water partition coefficient (Wildman–Crippen LogP) is 3.84. The molecular formula is C23H22N4O2. The summed E-state index contributed by atoms with van der Waals surface area (Å²) in [6, 6.07) is 19.9. The van der Waals surface area contributed by atoms with Crippen LogP contribution < -0.4 is 5.32 Å². The third kappa shape index (κ3) is 5.19. The maximum absolute atomic E-state index is 12.2. The van der Waals surface area contributed by atoms with Gasteiger partial charge in [0.1, 0.15) is 0 Å². The number of nitrogens with one attached hydrogen (secondary N) is 1. The molecule has 0 atom stereocenters. The van der Waals surface area contributed by atoms with E-state index in [4.69, 9.17) is 4.42 Å². The molecule has 1 amide bonds. The number of aromatic nitrogens is 3. The summed E-state index contributed by atoms with van der Waals surface area (Å²) in [5.41, 5.74) is 3.21. The largest absolute Gasteiger partial charge is 0.441 e. The smallest absolute Gasteiger partial charge is 0.220 e. The van der Waals surface area contributed by atoms with Crippen molar-refractivity contribution in [1.82, 2.24) is 20.1 Å². The van der Waals surface area contributed by atoms with Crippen molar-refractivity contribution < 1.29 is 9.21 Å². The number of hydrogen-bond donors (Lipinski definition) is 1. The number of carbonyl (C=O) groups is 1. The van der Waals surface area contributed by atoms with Crippen molar-refractivity contribution in [2.45, 2.75) is 25.9 Å². The monoisotopic (exact) mass is 386 g/mol. The number of rotatable bonds is 8. The van der Waals surface area contributed by atoms with Gasteiger partial charge in [-0.1, -0.05) is 54.6 Å². The Labute approximate surface area is 169 Å². The van der Waals surface area contributed by atoms with Gasteiger partial charge >= 0.3 is 0 Å². The van der Waals surface area contributed by atoms with E-state index in [0.29, 0.717) is 25.3 Å². The van der Waals surface area contributed by atoms with Crippen molar-refractivity contribution in [2.24, 2.45) is 0 Å². The average molecular weight is 386 g/mol. The highest BCUT2D eigenvalue weighted by atomic mass is 16.4. The van der Waals surface area contributed by atoms with Gasteiger partial charge in [0.05, 0.1) is 12.7 Å². The Kier molecular flexibility index (Phi) is 5.81. The molecule has 0 saturated carbocycles. The standard InChI is InChI=1S/C23H22N4O2/c28-22(11-12-23-25-16-21(29-23)20-5-2-1-3-6-20)24-15-18-7-9-19(10-8-18)17-27-14-4-13-26-27/h1-10,13-14,16H,11-12,15,17H2,(H,24,28). The number of hydrogen-bond acceptors (Lipinski definition) is 4. The van der Waals surface area contributed by atoms with Gasteiger partial charge < -0.3 is 9.73 Å². The zero-order valence-electron chi connectivity index (χ0n) is 16.0. The molecule has 6 heteroatoms. The third-order valence-electron chi connectivity index (χ3n) is 4.59. The first-order valence-electron chi connectivity index (χ1n) is 9.58. The zero-order chi connectivity index (χ0) is 19.9. The van der Waals surface area contributed by atoms with Crippen molar-refractivity contribution in [3.05, 3.63) is 96.3 Å². The molecule has 146 valence electrons. The summed E-state index contributed by atoms with van der Waals surface area (Å²) in [6.45, 7) is 1.24. The molecule has 0 spiro atoms. The van der Waals surface area contributed by atoms with Gasteiger partial charge in [0.15, 0.2) is 11.7 Å². The maximum atomic E-state index is 12.2. The number of oxazole rings is 1. The lowest BCUT2D eigenvalue weighted by Gasteiger charge is -2.06. The minimum Gasteiger partial charge on any atom is -0.441 e. The molecule has 4 aromatic rings. The lowest BCUT2D eigenvalue weighted by Crippen LogP contribution is -2.23. The fourth-order valence-corrected chi connectivity index (χ4v) is 3.01. The molecule has 2 aromatic carbocycles. The molecule has 0 aliphatic heterocycles. The van der Waals surface area contributed by atoms with Crippen LogP contribution in [0.1, 0.15) is 23.4 Å².